The average molecular weight is 306 g/mol. The van der Waals surface area contributed by atoms with Gasteiger partial charge in [0, 0.05) is 29.9 Å². The molecule has 2 aromatic rings. The quantitative estimate of drug-likeness (QED) is 0.908. The van der Waals surface area contributed by atoms with Gasteiger partial charge in [-0.15, -0.1) is 0 Å². The molecule has 2 nitrogen and oxygen atoms in total. The zero-order valence-corrected chi connectivity index (χ0v) is 12.6. The summed E-state index contributed by atoms with van der Waals surface area (Å²) >= 11 is 5.75. The lowest BCUT2D eigenvalue weighted by Crippen LogP contribution is -2.24. The van der Waals surface area contributed by atoms with E-state index in [1.165, 1.54) is 23.4 Å². The highest BCUT2D eigenvalue weighted by Crippen LogP contribution is 2.32. The number of fused-ring (bicyclic) bond motifs is 1. The smallest absolute Gasteiger partial charge is 0.130 e. The first-order chi connectivity index (χ1) is 10.1. The Morgan fingerprint density at radius 1 is 1.24 bits per heavy atom. The third-order valence-electron chi connectivity index (χ3n) is 4.03. The number of aliphatic hydroxyl groups excluding tert-OH is 1. The van der Waals surface area contributed by atoms with Crippen molar-refractivity contribution in [2.24, 2.45) is 0 Å². The van der Waals surface area contributed by atoms with Crippen LogP contribution in [0.2, 0.25) is 5.02 Å². The fourth-order valence-electron chi connectivity index (χ4n) is 2.88. The SMILES string of the molecule is CN1CCCc2cc(C(O)c3ccc(Cl)cc3F)ccc21. The van der Waals surface area contributed by atoms with Crippen LogP contribution in [-0.2, 0) is 6.42 Å². The van der Waals surface area contributed by atoms with Crippen molar-refractivity contribution in [2.45, 2.75) is 18.9 Å². The molecular formula is C17H17ClFNO. The number of hydrogen-bond donors (Lipinski definition) is 1. The molecule has 0 radical (unpaired) electrons. The molecule has 1 aliphatic heterocycles. The van der Waals surface area contributed by atoms with Crippen molar-refractivity contribution in [1.29, 1.82) is 0 Å². The first-order valence-electron chi connectivity index (χ1n) is 7.03. The van der Waals surface area contributed by atoms with Crippen LogP contribution in [0.25, 0.3) is 0 Å². The maximum atomic E-state index is 13.9. The van der Waals surface area contributed by atoms with Gasteiger partial charge < -0.3 is 10.0 Å². The number of nitrogens with zero attached hydrogens (tertiary/aromatic N) is 1. The van der Waals surface area contributed by atoms with Crippen LogP contribution in [0.5, 0.6) is 0 Å². The fourth-order valence-corrected chi connectivity index (χ4v) is 3.04. The number of anilines is 1. The fraction of sp³-hybridized carbons (Fsp3) is 0.294. The molecule has 1 unspecified atom stereocenters. The number of aliphatic hydroxyl groups is 1. The van der Waals surface area contributed by atoms with Crippen LogP contribution in [0.3, 0.4) is 0 Å². The number of aryl methyl sites for hydroxylation is 1. The Morgan fingerprint density at radius 3 is 2.81 bits per heavy atom. The third kappa shape index (κ3) is 2.76. The highest BCUT2D eigenvalue weighted by molar-refractivity contribution is 6.30. The van der Waals surface area contributed by atoms with Crippen LogP contribution < -0.4 is 4.90 Å². The Morgan fingerprint density at radius 2 is 2.05 bits per heavy atom. The van der Waals surface area contributed by atoms with Gasteiger partial charge in [0.2, 0.25) is 0 Å². The second-order valence-corrected chi connectivity index (χ2v) is 5.92. The van der Waals surface area contributed by atoms with Crippen molar-refractivity contribution in [3.63, 3.8) is 0 Å². The molecule has 0 saturated carbocycles. The molecular weight excluding hydrogens is 289 g/mol. The Kier molecular flexibility index (Phi) is 3.87. The predicted octanol–water partition coefficient (Wildman–Crippen LogP) is 3.94. The van der Waals surface area contributed by atoms with Gasteiger partial charge in [-0.05, 0) is 42.2 Å². The molecule has 1 atom stereocenters. The zero-order valence-electron chi connectivity index (χ0n) is 11.8. The van der Waals surface area contributed by atoms with Crippen molar-refractivity contribution in [2.75, 3.05) is 18.5 Å². The van der Waals surface area contributed by atoms with Crippen LogP contribution in [-0.4, -0.2) is 18.7 Å². The average Bonchev–Trinajstić information content (AvgIpc) is 2.46. The van der Waals surface area contributed by atoms with Crippen LogP contribution >= 0.6 is 11.6 Å². The highest BCUT2D eigenvalue weighted by Gasteiger charge is 2.19. The highest BCUT2D eigenvalue weighted by atomic mass is 35.5. The Balaban J connectivity index is 1.96. The minimum absolute atomic E-state index is 0.253. The molecule has 1 N–H and O–H groups in total. The molecule has 110 valence electrons. The van der Waals surface area contributed by atoms with Crippen LogP contribution in [0.1, 0.15) is 29.2 Å². The van der Waals surface area contributed by atoms with E-state index in [-0.39, 0.29) is 5.56 Å². The standard InChI is InChI=1S/C17H17ClFNO/c1-20-8-2-3-11-9-12(4-7-16(11)20)17(21)14-6-5-13(18)10-15(14)19/h4-7,9-10,17,21H,2-3,8H2,1H3. The van der Waals surface area contributed by atoms with Gasteiger partial charge in [-0.25, -0.2) is 4.39 Å². The van der Waals surface area contributed by atoms with E-state index >= 15 is 0 Å². The largest absolute Gasteiger partial charge is 0.384 e. The lowest BCUT2D eigenvalue weighted by atomic mass is 9.95. The Hall–Kier alpha value is -1.58. The van der Waals surface area contributed by atoms with Crippen LogP contribution in [0.4, 0.5) is 10.1 Å². The number of rotatable bonds is 2. The van der Waals surface area contributed by atoms with Gasteiger partial charge in [0.15, 0.2) is 0 Å². The molecule has 0 aromatic heterocycles. The molecule has 1 aliphatic rings. The van der Waals surface area contributed by atoms with Crippen molar-refractivity contribution in [3.05, 3.63) is 63.9 Å². The van der Waals surface area contributed by atoms with Gasteiger partial charge in [0.25, 0.3) is 0 Å². The third-order valence-corrected chi connectivity index (χ3v) is 4.26. The predicted molar refractivity (Wildman–Crippen MR) is 83.5 cm³/mol. The molecule has 2 aromatic carbocycles. The molecule has 0 aliphatic carbocycles. The van der Waals surface area contributed by atoms with Gasteiger partial charge >= 0.3 is 0 Å². The van der Waals surface area contributed by atoms with Crippen molar-refractivity contribution >= 4 is 17.3 Å². The van der Waals surface area contributed by atoms with Gasteiger partial charge in [-0.1, -0.05) is 29.8 Å². The van der Waals surface area contributed by atoms with E-state index in [2.05, 4.69) is 11.9 Å². The summed E-state index contributed by atoms with van der Waals surface area (Å²) < 4.78 is 13.9. The second kappa shape index (κ2) is 5.66. The Labute approximate surface area is 128 Å². The maximum absolute atomic E-state index is 13.9. The molecule has 0 bridgehead atoms. The summed E-state index contributed by atoms with van der Waals surface area (Å²) in [6, 6.07) is 10.2. The number of hydrogen-bond acceptors (Lipinski definition) is 2. The molecule has 4 heteroatoms. The van der Waals surface area contributed by atoms with Gasteiger partial charge in [0.1, 0.15) is 11.9 Å². The molecule has 1 heterocycles. The lowest BCUT2D eigenvalue weighted by molar-refractivity contribution is 0.215. The second-order valence-electron chi connectivity index (χ2n) is 5.48. The molecule has 0 spiro atoms. The molecule has 0 saturated heterocycles. The summed E-state index contributed by atoms with van der Waals surface area (Å²) in [5.74, 6) is -0.482. The van der Waals surface area contributed by atoms with E-state index in [4.69, 9.17) is 11.6 Å². The summed E-state index contributed by atoms with van der Waals surface area (Å²) in [6.45, 7) is 1.04. The normalized spacial score (nSPS) is 15.7. The lowest BCUT2D eigenvalue weighted by Gasteiger charge is -2.28. The molecule has 0 amide bonds. The molecule has 0 fully saturated rings. The van der Waals surface area contributed by atoms with Crippen molar-refractivity contribution < 1.29 is 9.50 Å². The summed E-state index contributed by atoms with van der Waals surface area (Å²) in [7, 11) is 2.06. The molecule has 3 rings (SSSR count). The minimum Gasteiger partial charge on any atom is -0.384 e. The van der Waals surface area contributed by atoms with E-state index in [0.717, 1.165) is 19.4 Å². The maximum Gasteiger partial charge on any atom is 0.130 e. The van der Waals surface area contributed by atoms with E-state index in [1.807, 2.05) is 18.2 Å². The van der Waals surface area contributed by atoms with E-state index < -0.39 is 11.9 Å². The van der Waals surface area contributed by atoms with E-state index in [9.17, 15) is 9.50 Å². The van der Waals surface area contributed by atoms with E-state index in [1.54, 1.807) is 6.07 Å². The van der Waals surface area contributed by atoms with Gasteiger partial charge in [-0.2, -0.15) is 0 Å². The summed E-state index contributed by atoms with van der Waals surface area (Å²) in [5, 5.41) is 10.8. The summed E-state index contributed by atoms with van der Waals surface area (Å²) in [5.41, 5.74) is 3.36. The Bertz CT molecular complexity index is 674. The summed E-state index contributed by atoms with van der Waals surface area (Å²) in [6.07, 6.45) is 1.11. The van der Waals surface area contributed by atoms with E-state index in [0.29, 0.717) is 10.6 Å². The minimum atomic E-state index is -0.972. The van der Waals surface area contributed by atoms with Crippen LogP contribution in [0.15, 0.2) is 36.4 Å². The monoisotopic (exact) mass is 305 g/mol. The first-order valence-corrected chi connectivity index (χ1v) is 7.41. The summed E-state index contributed by atoms with van der Waals surface area (Å²) in [4.78, 5) is 2.21. The van der Waals surface area contributed by atoms with Crippen molar-refractivity contribution in [3.8, 4) is 0 Å². The molecule has 21 heavy (non-hydrogen) atoms. The van der Waals surface area contributed by atoms with Crippen molar-refractivity contribution in [1.82, 2.24) is 0 Å². The number of benzene rings is 2. The number of halogens is 2. The van der Waals surface area contributed by atoms with Gasteiger partial charge in [0.05, 0.1) is 0 Å². The topological polar surface area (TPSA) is 23.5 Å². The first kappa shape index (κ1) is 14.4. The van der Waals surface area contributed by atoms with Gasteiger partial charge in [-0.3, -0.25) is 0 Å². The van der Waals surface area contributed by atoms with Crippen LogP contribution in [0, 0.1) is 5.82 Å². The zero-order chi connectivity index (χ0) is 15.0.